The molecule has 0 aliphatic carbocycles. The molecule has 2 aromatic heterocycles. The molecule has 1 aliphatic heterocycles. The second kappa shape index (κ2) is 7.96. The maximum atomic E-state index is 12.0. The number of nitrogens with zero attached hydrogens (tertiary/aromatic N) is 3. The third-order valence-corrected chi connectivity index (χ3v) is 5.89. The van der Waals surface area contributed by atoms with Gasteiger partial charge >= 0.3 is 0 Å². The summed E-state index contributed by atoms with van der Waals surface area (Å²) in [4.78, 5) is 21.9. The zero-order valence-electron chi connectivity index (χ0n) is 17.7. The summed E-state index contributed by atoms with van der Waals surface area (Å²) in [6.07, 6.45) is 0.591. The van der Waals surface area contributed by atoms with Crippen LogP contribution in [0.1, 0.15) is 29.4 Å². The SMILES string of the molecule is CC(=O)C1Cc2c(nc(-n3c(C)cc4ccccc43)nc2NCc2ccccc2)CN1. The molecule has 0 bridgehead atoms. The average molecular weight is 412 g/mol. The van der Waals surface area contributed by atoms with Gasteiger partial charge in [-0.05, 0) is 31.5 Å². The van der Waals surface area contributed by atoms with E-state index in [2.05, 4.69) is 52.5 Å². The van der Waals surface area contributed by atoms with Gasteiger partial charge in [0, 0.05) is 36.2 Å². The molecule has 0 amide bonds. The fourth-order valence-corrected chi connectivity index (χ4v) is 4.25. The van der Waals surface area contributed by atoms with E-state index in [4.69, 9.17) is 9.97 Å². The zero-order chi connectivity index (χ0) is 21.4. The van der Waals surface area contributed by atoms with E-state index in [0.717, 1.165) is 33.7 Å². The van der Waals surface area contributed by atoms with Gasteiger partial charge < -0.3 is 10.6 Å². The number of carbonyl (C=O) groups is 1. The molecule has 2 N–H and O–H groups in total. The van der Waals surface area contributed by atoms with Gasteiger partial charge in [0.15, 0.2) is 0 Å². The summed E-state index contributed by atoms with van der Waals surface area (Å²) in [7, 11) is 0. The Balaban J connectivity index is 1.60. The van der Waals surface area contributed by atoms with Crippen molar-refractivity contribution in [2.45, 2.75) is 39.4 Å². The van der Waals surface area contributed by atoms with Crippen LogP contribution in [0.4, 0.5) is 5.82 Å². The predicted molar refractivity (Wildman–Crippen MR) is 122 cm³/mol. The second-order valence-electron chi connectivity index (χ2n) is 8.06. The number of hydrogen-bond acceptors (Lipinski definition) is 5. The molecule has 2 aromatic carbocycles. The molecule has 3 heterocycles. The number of para-hydroxylation sites is 1. The molecule has 6 heteroatoms. The summed E-state index contributed by atoms with van der Waals surface area (Å²) in [5.41, 5.74) is 5.30. The third-order valence-electron chi connectivity index (χ3n) is 5.89. The number of anilines is 1. The van der Waals surface area contributed by atoms with E-state index in [1.165, 1.54) is 5.56 Å². The van der Waals surface area contributed by atoms with E-state index in [0.29, 0.717) is 25.5 Å². The number of carbonyl (C=O) groups excluding carboxylic acids is 1. The largest absolute Gasteiger partial charge is 0.366 e. The van der Waals surface area contributed by atoms with Crippen LogP contribution in [0.3, 0.4) is 0 Å². The van der Waals surface area contributed by atoms with E-state index in [9.17, 15) is 4.79 Å². The predicted octanol–water partition coefficient (Wildman–Crippen LogP) is 3.94. The number of hydrogen-bond donors (Lipinski definition) is 2. The molecule has 4 aromatic rings. The molecular weight excluding hydrogens is 386 g/mol. The fraction of sp³-hybridized carbons (Fsp3) is 0.240. The van der Waals surface area contributed by atoms with Crippen LogP contribution in [0.2, 0.25) is 0 Å². The molecule has 0 spiro atoms. The number of aryl methyl sites for hydroxylation is 1. The summed E-state index contributed by atoms with van der Waals surface area (Å²) in [6, 6.07) is 20.5. The average Bonchev–Trinajstić information content (AvgIpc) is 3.13. The molecule has 6 nitrogen and oxygen atoms in total. The van der Waals surface area contributed by atoms with E-state index >= 15 is 0 Å². The maximum Gasteiger partial charge on any atom is 0.236 e. The Labute approximate surface area is 181 Å². The topological polar surface area (TPSA) is 71.8 Å². The number of rotatable bonds is 5. The van der Waals surface area contributed by atoms with Gasteiger partial charge in [-0.25, -0.2) is 4.98 Å². The first-order valence-electron chi connectivity index (χ1n) is 10.6. The van der Waals surface area contributed by atoms with Gasteiger partial charge in [0.25, 0.3) is 0 Å². The fourth-order valence-electron chi connectivity index (χ4n) is 4.25. The van der Waals surface area contributed by atoms with Crippen molar-refractivity contribution in [2.24, 2.45) is 0 Å². The zero-order valence-corrected chi connectivity index (χ0v) is 17.7. The van der Waals surface area contributed by atoms with Crippen LogP contribution in [-0.2, 0) is 24.3 Å². The summed E-state index contributed by atoms with van der Waals surface area (Å²) in [6.45, 7) is 4.91. The first-order valence-corrected chi connectivity index (χ1v) is 10.6. The van der Waals surface area contributed by atoms with Crippen LogP contribution in [0, 0.1) is 6.92 Å². The lowest BCUT2D eigenvalue weighted by Crippen LogP contribution is -2.41. The number of fused-ring (bicyclic) bond motifs is 2. The number of aromatic nitrogens is 3. The first-order chi connectivity index (χ1) is 15.1. The highest BCUT2D eigenvalue weighted by Gasteiger charge is 2.27. The highest BCUT2D eigenvalue weighted by molar-refractivity contribution is 5.83. The highest BCUT2D eigenvalue weighted by Crippen LogP contribution is 2.28. The molecule has 0 radical (unpaired) electrons. The minimum Gasteiger partial charge on any atom is -0.366 e. The lowest BCUT2D eigenvalue weighted by atomic mass is 9.97. The van der Waals surface area contributed by atoms with Crippen molar-refractivity contribution in [1.29, 1.82) is 0 Å². The van der Waals surface area contributed by atoms with Crippen molar-refractivity contribution < 1.29 is 4.79 Å². The molecule has 31 heavy (non-hydrogen) atoms. The molecule has 0 fully saturated rings. The van der Waals surface area contributed by atoms with Crippen LogP contribution in [-0.4, -0.2) is 26.4 Å². The highest BCUT2D eigenvalue weighted by atomic mass is 16.1. The molecule has 5 rings (SSSR count). The quantitative estimate of drug-likeness (QED) is 0.520. The third kappa shape index (κ3) is 3.70. The summed E-state index contributed by atoms with van der Waals surface area (Å²) >= 11 is 0. The molecule has 1 aliphatic rings. The van der Waals surface area contributed by atoms with Crippen molar-refractivity contribution in [3.8, 4) is 5.95 Å². The van der Waals surface area contributed by atoms with Crippen LogP contribution < -0.4 is 10.6 Å². The Bertz CT molecular complexity index is 1260. The number of nitrogens with one attached hydrogen (secondary N) is 2. The van der Waals surface area contributed by atoms with E-state index in [1.54, 1.807) is 6.92 Å². The van der Waals surface area contributed by atoms with Gasteiger partial charge in [-0.1, -0.05) is 48.5 Å². The Morgan fingerprint density at radius 3 is 2.71 bits per heavy atom. The lowest BCUT2D eigenvalue weighted by Gasteiger charge is -2.26. The first kappa shape index (κ1) is 19.5. The Morgan fingerprint density at radius 2 is 1.90 bits per heavy atom. The van der Waals surface area contributed by atoms with Gasteiger partial charge in [0.2, 0.25) is 5.95 Å². The molecule has 0 saturated heterocycles. The van der Waals surface area contributed by atoms with Gasteiger partial charge in [-0.15, -0.1) is 0 Å². The molecule has 1 atom stereocenters. The minimum atomic E-state index is -0.201. The Kier molecular flexibility index (Phi) is 5.00. The van der Waals surface area contributed by atoms with E-state index < -0.39 is 0 Å². The van der Waals surface area contributed by atoms with Gasteiger partial charge in [-0.2, -0.15) is 4.98 Å². The van der Waals surface area contributed by atoms with E-state index in [-0.39, 0.29) is 11.8 Å². The maximum absolute atomic E-state index is 12.0. The van der Waals surface area contributed by atoms with Crippen molar-refractivity contribution in [3.05, 3.63) is 83.2 Å². The van der Waals surface area contributed by atoms with Gasteiger partial charge in [0.05, 0.1) is 17.3 Å². The summed E-state index contributed by atoms with van der Waals surface area (Å²) in [5, 5.41) is 8.00. The molecule has 156 valence electrons. The van der Waals surface area contributed by atoms with Crippen LogP contribution in [0.25, 0.3) is 16.9 Å². The van der Waals surface area contributed by atoms with Crippen molar-refractivity contribution in [1.82, 2.24) is 19.9 Å². The monoisotopic (exact) mass is 411 g/mol. The lowest BCUT2D eigenvalue weighted by molar-refractivity contribution is -0.119. The Hall–Kier alpha value is -3.51. The second-order valence-corrected chi connectivity index (χ2v) is 8.06. The van der Waals surface area contributed by atoms with Crippen LogP contribution in [0.5, 0.6) is 0 Å². The standard InChI is InChI=1S/C25H25N5O/c1-16-12-19-10-6-7-11-23(19)30(16)25-28-22-15-26-21(17(2)31)13-20(22)24(29-25)27-14-18-8-4-3-5-9-18/h3-12,21,26H,13-15H2,1-2H3,(H,27,28,29). The van der Waals surface area contributed by atoms with Gasteiger partial charge in [0.1, 0.15) is 11.6 Å². The smallest absolute Gasteiger partial charge is 0.236 e. The number of Topliss-reactive ketones (excluding diaryl/α,β-unsaturated/α-hetero) is 1. The van der Waals surface area contributed by atoms with Crippen LogP contribution in [0.15, 0.2) is 60.7 Å². The number of benzene rings is 2. The van der Waals surface area contributed by atoms with E-state index in [1.807, 2.05) is 30.3 Å². The molecular formula is C25H25N5O. The van der Waals surface area contributed by atoms with Crippen molar-refractivity contribution in [3.63, 3.8) is 0 Å². The molecule has 0 saturated carbocycles. The summed E-state index contributed by atoms with van der Waals surface area (Å²) < 4.78 is 2.10. The summed E-state index contributed by atoms with van der Waals surface area (Å²) in [5.74, 6) is 1.58. The van der Waals surface area contributed by atoms with Crippen molar-refractivity contribution in [2.75, 3.05) is 5.32 Å². The van der Waals surface area contributed by atoms with Gasteiger partial charge in [-0.3, -0.25) is 9.36 Å². The number of ketones is 1. The Morgan fingerprint density at radius 1 is 1.13 bits per heavy atom. The van der Waals surface area contributed by atoms with Crippen LogP contribution >= 0.6 is 0 Å². The minimum absolute atomic E-state index is 0.135. The van der Waals surface area contributed by atoms with Crippen molar-refractivity contribution >= 4 is 22.5 Å². The molecule has 1 unspecified atom stereocenters. The normalized spacial score (nSPS) is 15.6.